The van der Waals surface area contributed by atoms with Crippen molar-refractivity contribution in [3.05, 3.63) is 88.5 Å². The van der Waals surface area contributed by atoms with Crippen molar-refractivity contribution in [1.29, 1.82) is 0 Å². The van der Waals surface area contributed by atoms with Gasteiger partial charge in [0.05, 0.1) is 31.0 Å². The maximum atomic E-state index is 12.5. The van der Waals surface area contributed by atoms with E-state index in [1.54, 1.807) is 27.3 Å². The average Bonchev–Trinajstić information content (AvgIpc) is 3.17. The number of ether oxygens (including phenoxy) is 2. The van der Waals surface area contributed by atoms with E-state index in [9.17, 15) is 9.59 Å². The van der Waals surface area contributed by atoms with Crippen LogP contribution in [0.4, 0.5) is 5.69 Å². The van der Waals surface area contributed by atoms with Gasteiger partial charge in [0.15, 0.2) is 11.5 Å². The molecule has 0 aliphatic carbocycles. The van der Waals surface area contributed by atoms with Gasteiger partial charge in [-0.25, -0.2) is 0 Å². The van der Waals surface area contributed by atoms with Gasteiger partial charge in [-0.05, 0) is 63.1 Å². The Bertz CT molecular complexity index is 1270. The molecule has 208 valence electrons. The maximum Gasteiger partial charge on any atom is 0.263 e. The Balaban J connectivity index is 0.000000320. The molecule has 2 aliphatic heterocycles. The molecule has 7 heteroatoms. The Labute approximate surface area is 233 Å². The SMILES string of the molecule is C/C=C\C=C/C(CN1CCN(c2cccc3c2C(=O)N(C)C3=O)CC1)=C(C)C.COc1ccc(C)cc1OC. The molecule has 0 atom stereocenters. The third-order valence-electron chi connectivity index (χ3n) is 6.99. The van der Waals surface area contributed by atoms with Crippen LogP contribution in [0.1, 0.15) is 47.1 Å². The number of hydrogen-bond acceptors (Lipinski definition) is 6. The highest BCUT2D eigenvalue weighted by molar-refractivity contribution is 6.23. The molecular weight excluding hydrogens is 490 g/mol. The van der Waals surface area contributed by atoms with Crippen LogP contribution in [0.25, 0.3) is 0 Å². The predicted octanol–water partition coefficient (Wildman–Crippen LogP) is 5.52. The molecule has 0 radical (unpaired) electrons. The average molecular weight is 532 g/mol. The zero-order chi connectivity index (χ0) is 28.5. The van der Waals surface area contributed by atoms with Crippen LogP contribution in [-0.4, -0.2) is 75.6 Å². The van der Waals surface area contributed by atoms with Crippen molar-refractivity contribution in [3.8, 4) is 11.5 Å². The Morgan fingerprint density at radius 2 is 1.62 bits per heavy atom. The molecule has 0 aromatic heterocycles. The van der Waals surface area contributed by atoms with E-state index in [-0.39, 0.29) is 11.8 Å². The Morgan fingerprint density at radius 1 is 0.923 bits per heavy atom. The summed E-state index contributed by atoms with van der Waals surface area (Å²) in [6, 6.07) is 11.4. The number of carbonyl (C=O) groups excluding carboxylic acids is 2. The van der Waals surface area contributed by atoms with Crippen molar-refractivity contribution in [3.63, 3.8) is 0 Å². The number of piperazine rings is 1. The third-order valence-corrected chi connectivity index (χ3v) is 6.99. The first-order valence-corrected chi connectivity index (χ1v) is 13.3. The van der Waals surface area contributed by atoms with Crippen LogP contribution < -0.4 is 14.4 Å². The maximum absolute atomic E-state index is 12.5. The van der Waals surface area contributed by atoms with E-state index in [0.717, 1.165) is 49.9 Å². The van der Waals surface area contributed by atoms with Gasteiger partial charge < -0.3 is 14.4 Å². The zero-order valence-corrected chi connectivity index (χ0v) is 24.3. The summed E-state index contributed by atoms with van der Waals surface area (Å²) < 4.78 is 10.2. The number of allylic oxidation sites excluding steroid dienone is 4. The number of nitrogens with zero attached hydrogens (tertiary/aromatic N) is 3. The summed E-state index contributed by atoms with van der Waals surface area (Å²) in [4.78, 5) is 30.7. The lowest BCUT2D eigenvalue weighted by Gasteiger charge is -2.37. The lowest BCUT2D eigenvalue weighted by atomic mass is 10.1. The fourth-order valence-corrected chi connectivity index (χ4v) is 4.64. The van der Waals surface area contributed by atoms with Gasteiger partial charge in [0, 0.05) is 39.8 Å². The normalized spacial score (nSPS) is 15.5. The molecule has 0 spiro atoms. The zero-order valence-electron chi connectivity index (χ0n) is 24.3. The number of carbonyl (C=O) groups is 2. The number of fused-ring (bicyclic) bond motifs is 1. The van der Waals surface area contributed by atoms with Crippen molar-refractivity contribution in [2.75, 3.05) is 58.9 Å². The van der Waals surface area contributed by atoms with Gasteiger partial charge in [-0.1, -0.05) is 42.0 Å². The lowest BCUT2D eigenvalue weighted by Crippen LogP contribution is -2.47. The van der Waals surface area contributed by atoms with Crippen molar-refractivity contribution in [1.82, 2.24) is 9.80 Å². The Morgan fingerprint density at radius 3 is 2.23 bits per heavy atom. The summed E-state index contributed by atoms with van der Waals surface area (Å²) in [5.74, 6) is 1.16. The van der Waals surface area contributed by atoms with Gasteiger partial charge in [-0.2, -0.15) is 0 Å². The van der Waals surface area contributed by atoms with E-state index in [4.69, 9.17) is 9.47 Å². The second-order valence-corrected chi connectivity index (χ2v) is 9.90. The first-order valence-electron chi connectivity index (χ1n) is 13.3. The molecule has 1 fully saturated rings. The quantitative estimate of drug-likeness (QED) is 0.347. The Hall–Kier alpha value is -3.84. The van der Waals surface area contributed by atoms with Crippen molar-refractivity contribution < 1.29 is 19.1 Å². The highest BCUT2D eigenvalue weighted by Crippen LogP contribution is 2.31. The molecule has 39 heavy (non-hydrogen) atoms. The minimum absolute atomic E-state index is 0.195. The van der Waals surface area contributed by atoms with E-state index in [2.05, 4.69) is 35.8 Å². The molecule has 0 saturated carbocycles. The molecule has 1 saturated heterocycles. The van der Waals surface area contributed by atoms with Crippen LogP contribution in [0.2, 0.25) is 0 Å². The summed E-state index contributed by atoms with van der Waals surface area (Å²) in [7, 11) is 4.82. The van der Waals surface area contributed by atoms with E-state index < -0.39 is 0 Å². The number of aryl methyl sites for hydroxylation is 1. The van der Waals surface area contributed by atoms with Gasteiger partial charge in [-0.15, -0.1) is 0 Å². The highest BCUT2D eigenvalue weighted by Gasteiger charge is 2.36. The second-order valence-electron chi connectivity index (χ2n) is 9.90. The molecule has 2 amide bonds. The summed E-state index contributed by atoms with van der Waals surface area (Å²) >= 11 is 0. The minimum Gasteiger partial charge on any atom is -0.493 e. The van der Waals surface area contributed by atoms with Crippen molar-refractivity contribution >= 4 is 17.5 Å². The first-order chi connectivity index (χ1) is 18.7. The number of imide groups is 1. The summed E-state index contributed by atoms with van der Waals surface area (Å²) in [6.07, 6.45) is 8.35. The molecule has 2 aliphatic rings. The van der Waals surface area contributed by atoms with Crippen molar-refractivity contribution in [2.45, 2.75) is 27.7 Å². The van der Waals surface area contributed by atoms with Crippen LogP contribution >= 0.6 is 0 Å². The largest absolute Gasteiger partial charge is 0.493 e. The molecule has 2 aromatic carbocycles. The molecule has 4 rings (SSSR count). The molecule has 0 N–H and O–H groups in total. The number of rotatable bonds is 7. The van der Waals surface area contributed by atoms with E-state index in [1.165, 1.54) is 21.6 Å². The van der Waals surface area contributed by atoms with Gasteiger partial charge in [-0.3, -0.25) is 19.4 Å². The third kappa shape index (κ3) is 7.18. The molecule has 7 nitrogen and oxygen atoms in total. The molecule has 0 unspecified atom stereocenters. The number of hydrogen-bond donors (Lipinski definition) is 0. The molecule has 2 aromatic rings. The van der Waals surface area contributed by atoms with Crippen LogP contribution in [0, 0.1) is 6.92 Å². The Kier molecular flexibility index (Phi) is 10.5. The smallest absolute Gasteiger partial charge is 0.263 e. The van der Waals surface area contributed by atoms with Crippen molar-refractivity contribution in [2.24, 2.45) is 0 Å². The first kappa shape index (κ1) is 29.7. The number of amides is 2. The van der Waals surface area contributed by atoms with Gasteiger partial charge in [0.2, 0.25) is 0 Å². The van der Waals surface area contributed by atoms with Crippen LogP contribution in [-0.2, 0) is 0 Å². The van der Waals surface area contributed by atoms with E-state index in [0.29, 0.717) is 11.1 Å². The van der Waals surface area contributed by atoms with Crippen LogP contribution in [0.15, 0.2) is 71.8 Å². The predicted molar refractivity (Wildman–Crippen MR) is 158 cm³/mol. The molecule has 2 heterocycles. The molecular formula is C32H41N3O4. The second kappa shape index (κ2) is 13.8. The standard InChI is InChI=1S/C23H29N3O2.C9H12O2/c1-5-6-7-9-18(17(2)3)16-25-12-14-26(15-13-25)20-11-8-10-19-21(20)23(28)24(4)22(19)27;1-7-4-5-8(10-2)9(6-7)11-3/h5-11H,12-16H2,1-4H3;4-6H,1-3H3/b6-5-,9-7-;. The fraction of sp³-hybridized carbons (Fsp3) is 0.375. The van der Waals surface area contributed by atoms with Gasteiger partial charge in [0.25, 0.3) is 11.8 Å². The molecule has 0 bridgehead atoms. The minimum atomic E-state index is -0.207. The van der Waals surface area contributed by atoms with E-state index in [1.807, 2.05) is 56.3 Å². The van der Waals surface area contributed by atoms with Gasteiger partial charge in [0.1, 0.15) is 0 Å². The summed E-state index contributed by atoms with van der Waals surface area (Å²) in [6.45, 7) is 12.8. The summed E-state index contributed by atoms with van der Waals surface area (Å²) in [5, 5.41) is 0. The highest BCUT2D eigenvalue weighted by atomic mass is 16.5. The number of benzene rings is 2. The number of anilines is 1. The van der Waals surface area contributed by atoms with E-state index >= 15 is 0 Å². The van der Waals surface area contributed by atoms with Gasteiger partial charge >= 0.3 is 0 Å². The number of methoxy groups -OCH3 is 2. The van der Waals surface area contributed by atoms with Crippen LogP contribution in [0.5, 0.6) is 11.5 Å². The topological polar surface area (TPSA) is 62.3 Å². The fourth-order valence-electron chi connectivity index (χ4n) is 4.64. The monoisotopic (exact) mass is 531 g/mol. The lowest BCUT2D eigenvalue weighted by molar-refractivity contribution is 0.0693. The van der Waals surface area contributed by atoms with Crippen LogP contribution in [0.3, 0.4) is 0 Å². The summed E-state index contributed by atoms with van der Waals surface area (Å²) in [5.41, 5.74) is 5.81.